The van der Waals surface area contributed by atoms with E-state index >= 15 is 0 Å². The monoisotopic (exact) mass is 340 g/mol. The highest BCUT2D eigenvalue weighted by molar-refractivity contribution is 9.10. The fraction of sp³-hybridized carbons (Fsp3) is 0.533. The maximum atomic E-state index is 12.0. The second-order valence-electron chi connectivity index (χ2n) is 4.94. The molecule has 1 fully saturated rings. The Labute approximate surface area is 128 Å². The standard InChI is InChI=1S/C15H21BrN2O2/c16-13-5-7-14(8-6-13)20-12-9-17-15(19)18-10-3-1-2-4-11-18/h5-8H,1-4,9-12H2,(H,17,19). The molecule has 0 atom stereocenters. The summed E-state index contributed by atoms with van der Waals surface area (Å²) in [7, 11) is 0. The van der Waals surface area contributed by atoms with E-state index < -0.39 is 0 Å². The molecule has 1 aromatic rings. The van der Waals surface area contributed by atoms with Gasteiger partial charge < -0.3 is 15.0 Å². The van der Waals surface area contributed by atoms with Gasteiger partial charge in [0.1, 0.15) is 12.4 Å². The minimum atomic E-state index is 0.0336. The molecule has 0 radical (unpaired) electrons. The van der Waals surface area contributed by atoms with Gasteiger partial charge in [0.2, 0.25) is 0 Å². The van der Waals surface area contributed by atoms with E-state index in [0.29, 0.717) is 13.2 Å². The minimum absolute atomic E-state index is 0.0336. The maximum absolute atomic E-state index is 12.0. The molecule has 4 nitrogen and oxygen atoms in total. The van der Waals surface area contributed by atoms with E-state index in [9.17, 15) is 4.79 Å². The van der Waals surface area contributed by atoms with Crippen molar-refractivity contribution in [3.05, 3.63) is 28.7 Å². The lowest BCUT2D eigenvalue weighted by Gasteiger charge is -2.20. The van der Waals surface area contributed by atoms with E-state index in [2.05, 4.69) is 21.2 Å². The fourth-order valence-corrected chi connectivity index (χ4v) is 2.51. The maximum Gasteiger partial charge on any atom is 0.317 e. The number of likely N-dealkylation sites (tertiary alicyclic amines) is 1. The van der Waals surface area contributed by atoms with Gasteiger partial charge >= 0.3 is 6.03 Å². The summed E-state index contributed by atoms with van der Waals surface area (Å²) in [6.45, 7) is 2.77. The molecule has 1 N–H and O–H groups in total. The van der Waals surface area contributed by atoms with Gasteiger partial charge in [-0.25, -0.2) is 4.79 Å². The predicted molar refractivity (Wildman–Crippen MR) is 83.1 cm³/mol. The zero-order chi connectivity index (χ0) is 14.2. The van der Waals surface area contributed by atoms with Crippen LogP contribution < -0.4 is 10.1 Å². The number of halogens is 1. The van der Waals surface area contributed by atoms with Gasteiger partial charge in [0.15, 0.2) is 0 Å². The van der Waals surface area contributed by atoms with Crippen molar-refractivity contribution in [3.63, 3.8) is 0 Å². The predicted octanol–water partition coefficient (Wildman–Crippen LogP) is 3.41. The number of nitrogens with one attached hydrogen (secondary N) is 1. The molecule has 0 spiro atoms. The smallest absolute Gasteiger partial charge is 0.317 e. The Bertz CT molecular complexity index is 414. The fourth-order valence-electron chi connectivity index (χ4n) is 2.24. The van der Waals surface area contributed by atoms with Crippen molar-refractivity contribution in [2.75, 3.05) is 26.2 Å². The summed E-state index contributed by atoms with van der Waals surface area (Å²) in [5.74, 6) is 0.817. The molecule has 1 aromatic carbocycles. The van der Waals surface area contributed by atoms with Gasteiger partial charge in [-0.2, -0.15) is 0 Å². The first-order valence-corrected chi connectivity index (χ1v) is 7.96. The number of hydrogen-bond acceptors (Lipinski definition) is 2. The van der Waals surface area contributed by atoms with Gasteiger partial charge in [0.25, 0.3) is 0 Å². The number of carbonyl (C=O) groups excluding carboxylic acids is 1. The van der Waals surface area contributed by atoms with Crippen LogP contribution in [0.4, 0.5) is 4.79 Å². The number of carbonyl (C=O) groups is 1. The molecule has 0 bridgehead atoms. The van der Waals surface area contributed by atoms with Crippen molar-refractivity contribution in [2.24, 2.45) is 0 Å². The summed E-state index contributed by atoms with van der Waals surface area (Å²) >= 11 is 3.38. The number of urea groups is 1. The van der Waals surface area contributed by atoms with E-state index in [-0.39, 0.29) is 6.03 Å². The van der Waals surface area contributed by atoms with Crippen LogP contribution in [0.3, 0.4) is 0 Å². The molecule has 0 aromatic heterocycles. The molecular weight excluding hydrogens is 320 g/mol. The van der Waals surface area contributed by atoms with Gasteiger partial charge in [-0.3, -0.25) is 0 Å². The van der Waals surface area contributed by atoms with Crippen molar-refractivity contribution >= 4 is 22.0 Å². The van der Waals surface area contributed by atoms with Crippen LogP contribution >= 0.6 is 15.9 Å². The van der Waals surface area contributed by atoms with Gasteiger partial charge in [0.05, 0.1) is 6.54 Å². The Morgan fingerprint density at radius 2 is 1.80 bits per heavy atom. The molecule has 2 amide bonds. The van der Waals surface area contributed by atoms with Gasteiger partial charge in [-0.15, -0.1) is 0 Å². The van der Waals surface area contributed by atoms with Crippen molar-refractivity contribution in [1.82, 2.24) is 10.2 Å². The highest BCUT2D eigenvalue weighted by Crippen LogP contribution is 2.15. The van der Waals surface area contributed by atoms with Crippen LogP contribution in [0, 0.1) is 0 Å². The lowest BCUT2D eigenvalue weighted by atomic mass is 10.2. The van der Waals surface area contributed by atoms with E-state index in [1.165, 1.54) is 12.8 Å². The van der Waals surface area contributed by atoms with E-state index in [1.54, 1.807) is 0 Å². The number of hydrogen-bond donors (Lipinski definition) is 1. The van der Waals surface area contributed by atoms with E-state index in [0.717, 1.165) is 36.2 Å². The quantitative estimate of drug-likeness (QED) is 0.853. The Kier molecular flexibility index (Phi) is 6.18. The zero-order valence-corrected chi connectivity index (χ0v) is 13.2. The minimum Gasteiger partial charge on any atom is -0.492 e. The molecular formula is C15H21BrN2O2. The second-order valence-corrected chi connectivity index (χ2v) is 5.85. The van der Waals surface area contributed by atoms with E-state index in [4.69, 9.17) is 4.74 Å². The number of amides is 2. The number of nitrogens with zero attached hydrogens (tertiary/aromatic N) is 1. The lowest BCUT2D eigenvalue weighted by molar-refractivity contribution is 0.196. The van der Waals surface area contributed by atoms with Gasteiger partial charge in [0, 0.05) is 17.6 Å². The van der Waals surface area contributed by atoms with Crippen molar-refractivity contribution in [1.29, 1.82) is 0 Å². The summed E-state index contributed by atoms with van der Waals surface area (Å²) in [6, 6.07) is 7.71. The van der Waals surface area contributed by atoms with Crippen LogP contribution in [0.15, 0.2) is 28.7 Å². The van der Waals surface area contributed by atoms with Crippen LogP contribution in [0.5, 0.6) is 5.75 Å². The molecule has 0 unspecified atom stereocenters. The van der Waals surface area contributed by atoms with Crippen LogP contribution in [0.25, 0.3) is 0 Å². The Hall–Kier alpha value is -1.23. The molecule has 1 saturated heterocycles. The van der Waals surface area contributed by atoms with Crippen LogP contribution in [0.1, 0.15) is 25.7 Å². The Morgan fingerprint density at radius 3 is 2.45 bits per heavy atom. The zero-order valence-electron chi connectivity index (χ0n) is 11.6. The lowest BCUT2D eigenvalue weighted by Crippen LogP contribution is -2.41. The summed E-state index contributed by atoms with van der Waals surface area (Å²) in [5.41, 5.74) is 0. The molecule has 2 rings (SSSR count). The first kappa shape index (κ1) is 15.2. The normalized spacial score (nSPS) is 15.6. The van der Waals surface area contributed by atoms with Crippen molar-refractivity contribution in [3.8, 4) is 5.75 Å². The third kappa shape index (κ3) is 5.04. The highest BCUT2D eigenvalue weighted by Gasteiger charge is 2.14. The number of rotatable bonds is 4. The molecule has 1 aliphatic rings. The molecule has 1 heterocycles. The van der Waals surface area contributed by atoms with Crippen molar-refractivity contribution in [2.45, 2.75) is 25.7 Å². The molecule has 5 heteroatoms. The van der Waals surface area contributed by atoms with Crippen LogP contribution in [-0.4, -0.2) is 37.2 Å². The average molecular weight is 341 g/mol. The molecule has 1 aliphatic heterocycles. The van der Waals surface area contributed by atoms with E-state index in [1.807, 2.05) is 29.2 Å². The SMILES string of the molecule is O=C(NCCOc1ccc(Br)cc1)N1CCCCCC1. The van der Waals surface area contributed by atoms with Crippen LogP contribution in [-0.2, 0) is 0 Å². The molecule has 20 heavy (non-hydrogen) atoms. The summed E-state index contributed by atoms with van der Waals surface area (Å²) in [6.07, 6.45) is 4.69. The second kappa shape index (κ2) is 8.15. The number of benzene rings is 1. The third-order valence-corrected chi connectivity index (χ3v) is 3.88. The first-order chi connectivity index (χ1) is 9.75. The highest BCUT2D eigenvalue weighted by atomic mass is 79.9. The molecule has 0 saturated carbocycles. The van der Waals surface area contributed by atoms with Crippen molar-refractivity contribution < 1.29 is 9.53 Å². The Balaban J connectivity index is 1.64. The summed E-state index contributed by atoms with van der Waals surface area (Å²) < 4.78 is 6.60. The molecule has 110 valence electrons. The average Bonchev–Trinajstić information content (AvgIpc) is 2.74. The topological polar surface area (TPSA) is 41.6 Å². The largest absolute Gasteiger partial charge is 0.492 e. The third-order valence-electron chi connectivity index (χ3n) is 3.35. The Morgan fingerprint density at radius 1 is 1.15 bits per heavy atom. The molecule has 0 aliphatic carbocycles. The summed E-state index contributed by atoms with van der Waals surface area (Å²) in [5, 5.41) is 2.91. The summed E-state index contributed by atoms with van der Waals surface area (Å²) in [4.78, 5) is 13.9. The number of ether oxygens (including phenoxy) is 1. The first-order valence-electron chi connectivity index (χ1n) is 7.17. The van der Waals surface area contributed by atoms with Gasteiger partial charge in [-0.1, -0.05) is 28.8 Å². The van der Waals surface area contributed by atoms with Gasteiger partial charge in [-0.05, 0) is 37.1 Å². The van der Waals surface area contributed by atoms with Crippen LogP contribution in [0.2, 0.25) is 0 Å².